The smallest absolute Gasteiger partial charge is 0.243 e. The Kier molecular flexibility index (Phi) is 4.05. The zero-order valence-corrected chi connectivity index (χ0v) is 13.5. The molecule has 0 radical (unpaired) electrons. The van der Waals surface area contributed by atoms with Gasteiger partial charge in [-0.3, -0.25) is 0 Å². The number of sulfonamides is 1. The summed E-state index contributed by atoms with van der Waals surface area (Å²) in [4.78, 5) is 2.74. The molecule has 0 spiro atoms. The molecule has 1 atom stereocenters. The normalized spacial score (nSPS) is 24.8. The van der Waals surface area contributed by atoms with Crippen LogP contribution in [-0.2, 0) is 23.0 Å². The molecule has 1 fully saturated rings. The van der Waals surface area contributed by atoms with Crippen LogP contribution < -0.4 is 5.32 Å². The maximum atomic E-state index is 13.0. The van der Waals surface area contributed by atoms with Gasteiger partial charge in [0.05, 0.1) is 4.90 Å². The molecule has 0 amide bonds. The second kappa shape index (κ2) is 5.68. The highest BCUT2D eigenvalue weighted by Gasteiger charge is 2.31. The summed E-state index contributed by atoms with van der Waals surface area (Å²) in [6, 6.07) is 5.90. The van der Waals surface area contributed by atoms with Crippen molar-refractivity contribution in [3.63, 3.8) is 0 Å². The molecule has 0 saturated carbocycles. The summed E-state index contributed by atoms with van der Waals surface area (Å²) in [7, 11) is -1.31. The standard InChI is InChI=1S/C15H23N3O2S/c1-12-10-18(9-7-16-12)21(19,20)15-5-3-4-13-11-17(2)8-6-14(13)15/h3-5,12,16H,6-11H2,1-2H3. The fourth-order valence-corrected chi connectivity index (χ4v) is 5.04. The summed E-state index contributed by atoms with van der Waals surface area (Å²) in [6.45, 7) is 5.59. The van der Waals surface area contributed by atoms with Crippen molar-refractivity contribution in [2.45, 2.75) is 30.8 Å². The molecule has 0 aliphatic carbocycles. The summed E-state index contributed by atoms with van der Waals surface area (Å²) in [5, 5.41) is 3.29. The van der Waals surface area contributed by atoms with Gasteiger partial charge in [0.25, 0.3) is 0 Å². The zero-order chi connectivity index (χ0) is 15.0. The van der Waals surface area contributed by atoms with Crippen LogP contribution in [0.2, 0.25) is 0 Å². The lowest BCUT2D eigenvalue weighted by Gasteiger charge is -2.33. The third kappa shape index (κ3) is 2.85. The van der Waals surface area contributed by atoms with Gasteiger partial charge in [-0.05, 0) is 37.6 Å². The first-order valence-corrected chi connectivity index (χ1v) is 8.95. The van der Waals surface area contributed by atoms with E-state index in [1.54, 1.807) is 10.4 Å². The monoisotopic (exact) mass is 309 g/mol. The Morgan fingerprint density at radius 2 is 2.10 bits per heavy atom. The van der Waals surface area contributed by atoms with E-state index >= 15 is 0 Å². The van der Waals surface area contributed by atoms with Crippen molar-refractivity contribution in [3.05, 3.63) is 29.3 Å². The van der Waals surface area contributed by atoms with Gasteiger partial charge in [-0.1, -0.05) is 12.1 Å². The second-order valence-corrected chi connectivity index (χ2v) is 8.01. The highest BCUT2D eigenvalue weighted by Crippen LogP contribution is 2.28. The molecule has 1 aromatic rings. The minimum atomic E-state index is -3.38. The molecular weight excluding hydrogens is 286 g/mol. The summed E-state index contributed by atoms with van der Waals surface area (Å²) >= 11 is 0. The maximum absolute atomic E-state index is 13.0. The van der Waals surface area contributed by atoms with Crippen molar-refractivity contribution in [2.24, 2.45) is 0 Å². The van der Waals surface area contributed by atoms with Gasteiger partial charge in [-0.15, -0.1) is 0 Å². The fraction of sp³-hybridized carbons (Fsp3) is 0.600. The van der Waals surface area contributed by atoms with Crippen LogP contribution in [0.3, 0.4) is 0 Å². The summed E-state index contributed by atoms with van der Waals surface area (Å²) in [5.74, 6) is 0. The topological polar surface area (TPSA) is 52.7 Å². The molecule has 116 valence electrons. The van der Waals surface area contributed by atoms with Gasteiger partial charge in [0, 0.05) is 38.8 Å². The number of hydrogen-bond donors (Lipinski definition) is 1. The van der Waals surface area contributed by atoms with E-state index in [2.05, 4.69) is 17.3 Å². The van der Waals surface area contributed by atoms with Crippen molar-refractivity contribution in [1.82, 2.24) is 14.5 Å². The Balaban J connectivity index is 1.98. The second-order valence-electron chi connectivity index (χ2n) is 6.10. The lowest BCUT2D eigenvalue weighted by atomic mass is 10.0. The van der Waals surface area contributed by atoms with Crippen LogP contribution in [0.25, 0.3) is 0 Å². The van der Waals surface area contributed by atoms with E-state index in [0.717, 1.165) is 37.2 Å². The number of rotatable bonds is 2. The third-order valence-corrected chi connectivity index (χ3v) is 6.31. The van der Waals surface area contributed by atoms with Crippen molar-refractivity contribution in [2.75, 3.05) is 33.2 Å². The van der Waals surface area contributed by atoms with Crippen LogP contribution in [0.1, 0.15) is 18.1 Å². The minimum absolute atomic E-state index is 0.208. The van der Waals surface area contributed by atoms with Crippen LogP contribution in [0.5, 0.6) is 0 Å². The number of piperazine rings is 1. The molecule has 21 heavy (non-hydrogen) atoms. The number of fused-ring (bicyclic) bond motifs is 1. The lowest BCUT2D eigenvalue weighted by Crippen LogP contribution is -2.51. The number of nitrogens with one attached hydrogen (secondary N) is 1. The first-order valence-electron chi connectivity index (χ1n) is 7.51. The number of likely N-dealkylation sites (N-methyl/N-ethyl adjacent to an activating group) is 1. The zero-order valence-electron chi connectivity index (χ0n) is 12.7. The maximum Gasteiger partial charge on any atom is 0.243 e. The van der Waals surface area contributed by atoms with Gasteiger partial charge in [0.1, 0.15) is 0 Å². The third-order valence-electron chi connectivity index (χ3n) is 4.36. The molecule has 5 nitrogen and oxygen atoms in total. The predicted molar refractivity (Wildman–Crippen MR) is 82.7 cm³/mol. The summed E-state index contributed by atoms with van der Waals surface area (Å²) < 4.78 is 27.6. The number of benzene rings is 1. The van der Waals surface area contributed by atoms with E-state index in [0.29, 0.717) is 18.0 Å². The average Bonchev–Trinajstić information content (AvgIpc) is 2.46. The van der Waals surface area contributed by atoms with E-state index in [1.807, 2.05) is 19.1 Å². The Bertz CT molecular complexity index is 630. The van der Waals surface area contributed by atoms with Crippen molar-refractivity contribution in [3.8, 4) is 0 Å². The van der Waals surface area contributed by atoms with Gasteiger partial charge >= 0.3 is 0 Å². The van der Waals surface area contributed by atoms with E-state index in [1.165, 1.54) is 0 Å². The summed E-state index contributed by atoms with van der Waals surface area (Å²) in [6.07, 6.45) is 0.808. The molecule has 1 unspecified atom stereocenters. The Hall–Kier alpha value is -0.950. The highest BCUT2D eigenvalue weighted by atomic mass is 32.2. The van der Waals surface area contributed by atoms with Crippen LogP contribution in [0.4, 0.5) is 0 Å². The van der Waals surface area contributed by atoms with E-state index in [-0.39, 0.29) is 6.04 Å². The van der Waals surface area contributed by atoms with Crippen LogP contribution in [0.15, 0.2) is 23.1 Å². The Morgan fingerprint density at radius 1 is 1.29 bits per heavy atom. The number of nitrogens with zero attached hydrogens (tertiary/aromatic N) is 2. The van der Waals surface area contributed by atoms with Gasteiger partial charge in [0.2, 0.25) is 10.0 Å². The van der Waals surface area contributed by atoms with Crippen LogP contribution >= 0.6 is 0 Å². The molecule has 1 N–H and O–H groups in total. The minimum Gasteiger partial charge on any atom is -0.312 e. The van der Waals surface area contributed by atoms with E-state index < -0.39 is 10.0 Å². The van der Waals surface area contributed by atoms with Gasteiger partial charge < -0.3 is 10.2 Å². The molecule has 2 aliphatic heterocycles. The molecule has 1 saturated heterocycles. The predicted octanol–water partition coefficient (Wildman–Crippen LogP) is 0.657. The van der Waals surface area contributed by atoms with Gasteiger partial charge in [-0.25, -0.2) is 8.42 Å². The first-order chi connectivity index (χ1) is 9.98. The van der Waals surface area contributed by atoms with Crippen LogP contribution in [-0.4, -0.2) is 56.9 Å². The largest absolute Gasteiger partial charge is 0.312 e. The lowest BCUT2D eigenvalue weighted by molar-refractivity contribution is 0.304. The number of hydrogen-bond acceptors (Lipinski definition) is 4. The Morgan fingerprint density at radius 3 is 2.86 bits per heavy atom. The molecule has 3 rings (SSSR count). The highest BCUT2D eigenvalue weighted by molar-refractivity contribution is 7.89. The Labute approximate surface area is 127 Å². The molecule has 0 aromatic heterocycles. The van der Waals surface area contributed by atoms with E-state index in [9.17, 15) is 8.42 Å². The fourth-order valence-electron chi connectivity index (χ4n) is 3.21. The first kappa shape index (κ1) is 15.0. The van der Waals surface area contributed by atoms with E-state index in [4.69, 9.17) is 0 Å². The van der Waals surface area contributed by atoms with Crippen molar-refractivity contribution >= 4 is 10.0 Å². The van der Waals surface area contributed by atoms with Gasteiger partial charge in [-0.2, -0.15) is 4.31 Å². The molecule has 2 heterocycles. The molecule has 1 aromatic carbocycles. The molecular formula is C15H23N3O2S. The molecule has 2 aliphatic rings. The van der Waals surface area contributed by atoms with Crippen LogP contribution in [0, 0.1) is 0 Å². The van der Waals surface area contributed by atoms with Crippen molar-refractivity contribution in [1.29, 1.82) is 0 Å². The van der Waals surface area contributed by atoms with Crippen molar-refractivity contribution < 1.29 is 8.42 Å². The molecule has 6 heteroatoms. The average molecular weight is 309 g/mol. The SMILES string of the molecule is CC1CN(S(=O)(=O)c2cccc3c2CCN(C)C3)CCN1. The van der Waals surface area contributed by atoms with Gasteiger partial charge in [0.15, 0.2) is 0 Å². The molecule has 0 bridgehead atoms. The summed E-state index contributed by atoms with van der Waals surface area (Å²) in [5.41, 5.74) is 2.16. The quantitative estimate of drug-likeness (QED) is 0.872.